The van der Waals surface area contributed by atoms with E-state index >= 15 is 0 Å². The Kier molecular flexibility index (Phi) is 3.48. The van der Waals surface area contributed by atoms with Gasteiger partial charge >= 0.3 is 6.18 Å². The Labute approximate surface area is 84.4 Å². The fraction of sp³-hybridized carbons (Fsp3) is 0.375. The van der Waals surface area contributed by atoms with Gasteiger partial charge < -0.3 is 5.73 Å². The molecular weight excluding hydrogens is 209 g/mol. The number of alkyl halides is 3. The lowest BCUT2D eigenvalue weighted by Gasteiger charge is -2.18. The summed E-state index contributed by atoms with van der Waals surface area (Å²) in [6.45, 7) is 0. The van der Waals surface area contributed by atoms with Crippen molar-refractivity contribution in [2.45, 2.75) is 18.6 Å². The van der Waals surface area contributed by atoms with E-state index in [1.165, 1.54) is 18.5 Å². The molecule has 0 bridgehead atoms. The molecule has 1 unspecified atom stereocenters. The van der Waals surface area contributed by atoms with Crippen LogP contribution in [0, 0.1) is 0 Å². The molecule has 4 nitrogen and oxygen atoms in total. The fourth-order valence-electron chi connectivity index (χ4n) is 1.20. The second-order valence-electron chi connectivity index (χ2n) is 3.04. The summed E-state index contributed by atoms with van der Waals surface area (Å²) in [7, 11) is 0. The summed E-state index contributed by atoms with van der Waals surface area (Å²) < 4.78 is 36.5. The van der Waals surface area contributed by atoms with E-state index in [2.05, 4.69) is 10.4 Å². The Morgan fingerprint density at radius 1 is 1.47 bits per heavy atom. The number of nitrogens with one attached hydrogen (secondary N) is 1. The predicted molar refractivity (Wildman–Crippen MR) is 49.4 cm³/mol. The molecule has 1 aromatic rings. The molecule has 1 heterocycles. The van der Waals surface area contributed by atoms with Gasteiger partial charge in [0.05, 0.1) is 12.5 Å². The van der Waals surface area contributed by atoms with Crippen LogP contribution in [0.4, 0.5) is 18.9 Å². The Morgan fingerprint density at radius 3 is 2.60 bits per heavy atom. The van der Waals surface area contributed by atoms with E-state index in [0.29, 0.717) is 0 Å². The third kappa shape index (κ3) is 3.37. The molecule has 0 radical (unpaired) electrons. The summed E-state index contributed by atoms with van der Waals surface area (Å²) in [5.41, 5.74) is 8.07. The van der Waals surface area contributed by atoms with E-state index in [1.807, 2.05) is 0 Å². The monoisotopic (exact) mass is 220 g/mol. The number of halogens is 3. The van der Waals surface area contributed by atoms with Gasteiger partial charge in [0.25, 0.3) is 0 Å². The minimum Gasteiger partial charge on any atom is -0.398 e. The molecule has 0 saturated carbocycles. The third-order valence-corrected chi connectivity index (χ3v) is 1.90. The number of aromatic nitrogens is 1. The van der Waals surface area contributed by atoms with Crippen molar-refractivity contribution in [2.24, 2.45) is 5.84 Å². The number of hydrogen-bond donors (Lipinski definition) is 3. The van der Waals surface area contributed by atoms with Crippen molar-refractivity contribution in [1.82, 2.24) is 10.4 Å². The Bertz CT molecular complexity index is 326. The van der Waals surface area contributed by atoms with Gasteiger partial charge in [-0.25, -0.2) is 0 Å². The van der Waals surface area contributed by atoms with Crippen LogP contribution in [-0.2, 0) is 0 Å². The van der Waals surface area contributed by atoms with Gasteiger partial charge in [0.15, 0.2) is 0 Å². The fourth-order valence-corrected chi connectivity index (χ4v) is 1.20. The molecule has 0 aliphatic carbocycles. The van der Waals surface area contributed by atoms with E-state index in [0.717, 1.165) is 0 Å². The van der Waals surface area contributed by atoms with Gasteiger partial charge in [-0.15, -0.1) is 0 Å². The maximum atomic E-state index is 12.2. The van der Waals surface area contributed by atoms with Crippen LogP contribution in [0.3, 0.4) is 0 Å². The van der Waals surface area contributed by atoms with Gasteiger partial charge in [-0.05, 0) is 6.07 Å². The van der Waals surface area contributed by atoms with E-state index in [-0.39, 0.29) is 11.3 Å². The zero-order valence-corrected chi connectivity index (χ0v) is 7.75. The first-order valence-electron chi connectivity index (χ1n) is 4.16. The van der Waals surface area contributed by atoms with Crippen LogP contribution in [0.5, 0.6) is 0 Å². The molecule has 0 aliphatic heterocycles. The van der Waals surface area contributed by atoms with E-state index in [4.69, 9.17) is 11.6 Å². The summed E-state index contributed by atoms with van der Waals surface area (Å²) in [6, 6.07) is 0.356. The summed E-state index contributed by atoms with van der Waals surface area (Å²) in [4.78, 5) is 3.70. The number of nitrogen functional groups attached to an aromatic ring is 1. The number of rotatable bonds is 3. The minimum atomic E-state index is -4.31. The standard InChI is InChI=1S/C8H11F3N4/c9-8(10,11)3-7(15-13)5-4-14-2-1-6(5)12/h1-2,4,7,15H,3,13H2,(H2,12,14). The van der Waals surface area contributed by atoms with Crippen LogP contribution in [0.2, 0.25) is 0 Å². The first kappa shape index (κ1) is 11.7. The average Bonchev–Trinajstić information content (AvgIpc) is 2.14. The lowest BCUT2D eigenvalue weighted by Crippen LogP contribution is -2.32. The Morgan fingerprint density at radius 2 is 2.13 bits per heavy atom. The molecule has 15 heavy (non-hydrogen) atoms. The van der Waals surface area contributed by atoms with Crippen molar-refractivity contribution in [3.8, 4) is 0 Å². The van der Waals surface area contributed by atoms with Crippen molar-refractivity contribution >= 4 is 5.69 Å². The highest BCUT2D eigenvalue weighted by atomic mass is 19.4. The molecule has 0 aromatic carbocycles. The highest BCUT2D eigenvalue weighted by Crippen LogP contribution is 2.30. The van der Waals surface area contributed by atoms with Crippen molar-refractivity contribution in [2.75, 3.05) is 5.73 Å². The molecule has 1 atom stereocenters. The van der Waals surface area contributed by atoms with Crippen LogP contribution in [0.1, 0.15) is 18.0 Å². The maximum absolute atomic E-state index is 12.2. The zero-order chi connectivity index (χ0) is 11.5. The highest BCUT2D eigenvalue weighted by Gasteiger charge is 2.32. The van der Waals surface area contributed by atoms with Crippen LogP contribution >= 0.6 is 0 Å². The molecule has 7 heteroatoms. The molecule has 84 valence electrons. The van der Waals surface area contributed by atoms with Crippen LogP contribution in [-0.4, -0.2) is 11.2 Å². The molecule has 5 N–H and O–H groups in total. The molecule has 0 aliphatic rings. The normalized spacial score (nSPS) is 13.9. The lowest BCUT2D eigenvalue weighted by atomic mass is 10.0. The first-order chi connectivity index (χ1) is 6.94. The third-order valence-electron chi connectivity index (χ3n) is 1.90. The van der Waals surface area contributed by atoms with Gasteiger partial charge in [-0.1, -0.05) is 0 Å². The molecule has 0 saturated heterocycles. The number of hydrogen-bond acceptors (Lipinski definition) is 4. The molecule has 0 amide bonds. The number of nitrogens with zero attached hydrogens (tertiary/aromatic N) is 1. The van der Waals surface area contributed by atoms with Crippen LogP contribution < -0.4 is 17.0 Å². The van der Waals surface area contributed by atoms with Crippen LogP contribution in [0.25, 0.3) is 0 Å². The van der Waals surface area contributed by atoms with E-state index in [9.17, 15) is 13.2 Å². The van der Waals surface area contributed by atoms with Gasteiger partial charge in [-0.3, -0.25) is 16.3 Å². The topological polar surface area (TPSA) is 77.0 Å². The smallest absolute Gasteiger partial charge is 0.390 e. The van der Waals surface area contributed by atoms with E-state index in [1.54, 1.807) is 0 Å². The second kappa shape index (κ2) is 4.45. The van der Waals surface area contributed by atoms with Crippen molar-refractivity contribution < 1.29 is 13.2 Å². The molecule has 0 fully saturated rings. The zero-order valence-electron chi connectivity index (χ0n) is 7.75. The summed E-state index contributed by atoms with van der Waals surface area (Å²) in [5.74, 6) is 5.05. The Hall–Kier alpha value is -1.34. The van der Waals surface area contributed by atoms with Gasteiger partial charge in [0, 0.05) is 23.6 Å². The molecular formula is C8H11F3N4. The second-order valence-corrected chi connectivity index (χ2v) is 3.04. The SMILES string of the molecule is NNC(CC(F)(F)F)c1cnccc1N. The number of nitrogens with two attached hydrogens (primary N) is 2. The summed E-state index contributed by atoms with van der Waals surface area (Å²) in [5, 5.41) is 0. The van der Waals surface area contributed by atoms with Crippen molar-refractivity contribution in [3.05, 3.63) is 24.0 Å². The van der Waals surface area contributed by atoms with Gasteiger partial charge in [-0.2, -0.15) is 13.2 Å². The minimum absolute atomic E-state index is 0.234. The Balaban J connectivity index is 2.88. The van der Waals surface area contributed by atoms with Gasteiger partial charge in [0.2, 0.25) is 0 Å². The largest absolute Gasteiger partial charge is 0.398 e. The van der Waals surface area contributed by atoms with E-state index < -0.39 is 18.6 Å². The van der Waals surface area contributed by atoms with Gasteiger partial charge in [0.1, 0.15) is 0 Å². The van der Waals surface area contributed by atoms with Crippen molar-refractivity contribution in [1.29, 1.82) is 0 Å². The number of anilines is 1. The molecule has 1 aromatic heterocycles. The molecule has 1 rings (SSSR count). The van der Waals surface area contributed by atoms with Crippen LogP contribution in [0.15, 0.2) is 18.5 Å². The molecule has 0 spiro atoms. The predicted octanol–water partition coefficient (Wildman–Crippen LogP) is 1.12. The highest BCUT2D eigenvalue weighted by molar-refractivity contribution is 5.46. The summed E-state index contributed by atoms with van der Waals surface area (Å²) >= 11 is 0. The average molecular weight is 220 g/mol. The maximum Gasteiger partial charge on any atom is 0.390 e. The quantitative estimate of drug-likeness (QED) is 0.527. The number of pyridine rings is 1. The number of hydrazine groups is 1. The van der Waals surface area contributed by atoms with Crippen molar-refractivity contribution in [3.63, 3.8) is 0 Å². The summed E-state index contributed by atoms with van der Waals surface area (Å²) in [6.07, 6.45) is -2.72. The lowest BCUT2D eigenvalue weighted by molar-refractivity contribution is -0.140. The first-order valence-corrected chi connectivity index (χ1v) is 4.16.